The van der Waals surface area contributed by atoms with Crippen LogP contribution in [0.3, 0.4) is 0 Å². The Bertz CT molecular complexity index is 1100. The van der Waals surface area contributed by atoms with Crippen molar-refractivity contribution in [3.05, 3.63) is 42.1 Å². The van der Waals surface area contributed by atoms with Crippen LogP contribution in [-0.2, 0) is 146 Å². The summed E-state index contributed by atoms with van der Waals surface area (Å²) in [5, 5.41) is 10.4. The first-order chi connectivity index (χ1) is 20.2. The van der Waals surface area contributed by atoms with E-state index in [-0.39, 0.29) is 150 Å². The van der Waals surface area contributed by atoms with Gasteiger partial charge >= 0.3 is 0 Å². The van der Waals surface area contributed by atoms with Crippen molar-refractivity contribution in [1.29, 1.82) is 0 Å². The van der Waals surface area contributed by atoms with Crippen LogP contribution in [0.15, 0.2) is 0 Å². The van der Waals surface area contributed by atoms with E-state index in [1.165, 1.54) is 45.3 Å². The van der Waals surface area contributed by atoms with E-state index in [0.717, 1.165) is 50.5 Å². The van der Waals surface area contributed by atoms with E-state index in [2.05, 4.69) is 0 Å². The third-order valence-electron chi connectivity index (χ3n) is 11.7. The minimum absolute atomic E-state index is 0. The fraction of sp³-hybridized carbons (Fsp3) is 0.735. The SMILES string of the molecule is O=C1[CH-]OC2(CCOCC2)O1.O=C1[CH-]OC2(O1)C1CC3CC(C1)CC2C3.O=C1[CH-]OC2(O1)C1CC3CC2CC(O)(C3)C1.[CH3-].[CH3-].[CH3-].[Y].[Y].[Y]. The van der Waals surface area contributed by atoms with Crippen molar-refractivity contribution in [2.75, 3.05) is 13.2 Å². The standard InChI is InChI=1S/C12H15O4.C12H15O3.C7H9O4.3CH3.3Y/c13-10-6-15-12(16-10)8-1-7-2-9(12)5-11(14,3-7)4-8;13-11-6-14-12(15-11)9-2-7-1-8(4-9)5-10(12)3-7;8-6-5-10-7(11-6)1-3-9-4-2-7;;;;;;/h6-9,14H,1-5H2;6-10H,1-5H2;5H,1-4H2;3*1H3;;;/q6*-1;;;. The number of hydrogen-bond donors (Lipinski definition) is 1. The molecule has 48 heavy (non-hydrogen) atoms. The fourth-order valence-corrected chi connectivity index (χ4v) is 10.4. The quantitative estimate of drug-likeness (QED) is 0.210. The number of carbonyl (C=O) groups excluding carboxylic acids is 3. The van der Waals surface area contributed by atoms with E-state index in [4.69, 9.17) is 33.2 Å². The summed E-state index contributed by atoms with van der Waals surface area (Å²) in [7, 11) is 0. The largest absolute Gasteiger partial charge is 0.489 e. The molecule has 3 radical (unpaired) electrons. The molecule has 2 atom stereocenters. The molecule has 3 spiro atoms. The van der Waals surface area contributed by atoms with Crippen LogP contribution in [0.25, 0.3) is 0 Å². The minimum Gasteiger partial charge on any atom is -0.489 e. The molecule has 11 nitrogen and oxygen atoms in total. The Kier molecular flexibility index (Phi) is 16.1. The van der Waals surface area contributed by atoms with Gasteiger partial charge in [-0.25, -0.2) is 0 Å². The topological polar surface area (TPSA) is 136 Å². The molecule has 2 unspecified atom stereocenters. The van der Waals surface area contributed by atoms with Gasteiger partial charge in [0.1, 0.15) is 0 Å². The molecule has 0 aromatic carbocycles. The molecule has 0 amide bonds. The molecule has 4 aliphatic heterocycles. The average molecular weight is 899 g/mol. The second-order valence-electron chi connectivity index (χ2n) is 14.3. The first-order valence-corrected chi connectivity index (χ1v) is 15.7. The third-order valence-corrected chi connectivity index (χ3v) is 11.7. The maximum absolute atomic E-state index is 11.3. The van der Waals surface area contributed by atoms with Gasteiger partial charge in [-0.1, -0.05) is 0 Å². The normalized spacial score (nSPS) is 43.2. The van der Waals surface area contributed by atoms with Gasteiger partial charge in [0, 0.05) is 135 Å². The van der Waals surface area contributed by atoms with Crippen molar-refractivity contribution in [3.63, 3.8) is 0 Å². The molecule has 0 aromatic heterocycles. The smallest absolute Gasteiger partial charge is 0.194 e. The van der Waals surface area contributed by atoms with Crippen LogP contribution < -0.4 is 0 Å². The predicted molar refractivity (Wildman–Crippen MR) is 157 cm³/mol. The average Bonchev–Trinajstić information content (AvgIpc) is 3.64. The zero-order valence-corrected chi connectivity index (χ0v) is 36.9. The molecule has 14 heteroatoms. The maximum Gasteiger partial charge on any atom is 0.194 e. The van der Waals surface area contributed by atoms with Crippen LogP contribution in [0.1, 0.15) is 77.0 Å². The molecule has 12 aliphatic rings. The van der Waals surface area contributed by atoms with E-state index < -0.39 is 23.0 Å². The molecular weight excluding hydrogens is 851 g/mol. The van der Waals surface area contributed by atoms with Gasteiger partial charge in [-0.15, -0.1) is 0 Å². The van der Waals surface area contributed by atoms with Crippen LogP contribution in [0, 0.1) is 83.5 Å². The fourth-order valence-electron chi connectivity index (χ4n) is 10.4. The molecule has 1 N–H and O–H groups in total. The van der Waals surface area contributed by atoms with Crippen LogP contribution in [0.4, 0.5) is 0 Å². The number of ether oxygens (including phenoxy) is 7. The Balaban J connectivity index is 0.000000239. The summed E-state index contributed by atoms with van der Waals surface area (Å²) < 4.78 is 37.4. The van der Waals surface area contributed by atoms with Crippen LogP contribution in [-0.4, -0.2) is 59.2 Å². The first kappa shape index (κ1) is 45.3. The van der Waals surface area contributed by atoms with Gasteiger partial charge < -0.3 is 60.5 Å². The summed E-state index contributed by atoms with van der Waals surface area (Å²) in [6.45, 7) is 4.81. The van der Waals surface area contributed by atoms with E-state index >= 15 is 0 Å². The summed E-state index contributed by atoms with van der Waals surface area (Å²) in [6, 6.07) is 0. The van der Waals surface area contributed by atoms with Crippen molar-refractivity contribution in [2.45, 2.75) is 100 Å². The predicted octanol–water partition coefficient (Wildman–Crippen LogP) is 4.43. The number of rotatable bonds is 0. The van der Waals surface area contributed by atoms with E-state index in [1.807, 2.05) is 0 Å². The number of hydrogen-bond acceptors (Lipinski definition) is 11. The molecular formula is C34H48O11Y3-6. The van der Waals surface area contributed by atoms with Crippen LogP contribution in [0.2, 0.25) is 0 Å². The molecule has 8 saturated carbocycles. The van der Waals surface area contributed by atoms with Crippen LogP contribution in [0.5, 0.6) is 0 Å². The Hall–Kier alpha value is 1.13. The Labute approximate surface area is 361 Å². The summed E-state index contributed by atoms with van der Waals surface area (Å²) in [5.74, 6) is 0.692. The molecule has 0 aromatic rings. The van der Waals surface area contributed by atoms with Gasteiger partial charge in [0.25, 0.3) is 0 Å². The molecule has 265 valence electrons. The Morgan fingerprint density at radius 1 is 0.542 bits per heavy atom. The minimum atomic E-state index is -0.722. The van der Waals surface area contributed by atoms with Crippen molar-refractivity contribution >= 4 is 17.9 Å². The Morgan fingerprint density at radius 3 is 1.35 bits per heavy atom. The molecule has 12 rings (SSSR count). The van der Waals surface area contributed by atoms with E-state index in [9.17, 15) is 19.5 Å². The molecule has 12 fully saturated rings. The Morgan fingerprint density at radius 2 is 0.958 bits per heavy atom. The van der Waals surface area contributed by atoms with Crippen molar-refractivity contribution in [2.24, 2.45) is 41.4 Å². The number of esters is 3. The van der Waals surface area contributed by atoms with Gasteiger partial charge in [-0.05, 0) is 82.0 Å². The summed E-state index contributed by atoms with van der Waals surface area (Å²) in [5.41, 5.74) is -0.514. The number of carbonyl (C=O) groups is 3. The van der Waals surface area contributed by atoms with Gasteiger partial charge in [0.15, 0.2) is 35.3 Å². The van der Waals surface area contributed by atoms with Crippen molar-refractivity contribution in [3.8, 4) is 0 Å². The van der Waals surface area contributed by atoms with Gasteiger partial charge in [0.2, 0.25) is 0 Å². The summed E-state index contributed by atoms with van der Waals surface area (Å²) >= 11 is 0. The molecule has 8 bridgehead atoms. The third kappa shape index (κ3) is 8.12. The zero-order valence-electron chi connectivity index (χ0n) is 28.4. The zero-order chi connectivity index (χ0) is 28.7. The summed E-state index contributed by atoms with van der Waals surface area (Å²) in [4.78, 5) is 33.2. The van der Waals surface area contributed by atoms with Gasteiger partial charge in [-0.2, -0.15) is 19.8 Å². The van der Waals surface area contributed by atoms with Crippen molar-refractivity contribution < 1.29 is 151 Å². The molecule has 4 saturated heterocycles. The van der Waals surface area contributed by atoms with Crippen LogP contribution >= 0.6 is 0 Å². The molecule has 4 heterocycles. The van der Waals surface area contributed by atoms with Gasteiger partial charge in [-0.3, -0.25) is 14.4 Å². The monoisotopic (exact) mass is 899 g/mol. The van der Waals surface area contributed by atoms with Crippen molar-refractivity contribution in [1.82, 2.24) is 0 Å². The second kappa shape index (κ2) is 17.1. The first-order valence-electron chi connectivity index (χ1n) is 15.7. The van der Waals surface area contributed by atoms with E-state index in [1.54, 1.807) is 0 Å². The number of aliphatic hydroxyl groups is 1. The second-order valence-corrected chi connectivity index (χ2v) is 14.3. The summed E-state index contributed by atoms with van der Waals surface area (Å²) in [6.07, 6.45) is 11.9. The van der Waals surface area contributed by atoms with E-state index in [0.29, 0.717) is 43.8 Å². The van der Waals surface area contributed by atoms with Gasteiger partial charge in [0.05, 0.1) is 18.8 Å². The molecule has 8 aliphatic carbocycles. The maximum atomic E-state index is 11.3.